The number of imidazole rings is 1. The Balaban J connectivity index is 2.15. The van der Waals surface area contributed by atoms with Crippen LogP contribution in [-0.2, 0) is 13.0 Å². The number of aromatic nitrogens is 2. The van der Waals surface area contributed by atoms with Crippen molar-refractivity contribution in [2.45, 2.75) is 13.0 Å². The molecule has 1 aliphatic rings. The van der Waals surface area contributed by atoms with Crippen molar-refractivity contribution in [1.82, 2.24) is 14.5 Å². The summed E-state index contributed by atoms with van der Waals surface area (Å²) in [6.45, 7) is 3.18. The van der Waals surface area contributed by atoms with E-state index in [4.69, 9.17) is 11.6 Å². The molecule has 3 rings (SSSR count). The van der Waals surface area contributed by atoms with Gasteiger partial charge in [0.2, 0.25) is 0 Å². The number of benzene rings is 1. The van der Waals surface area contributed by atoms with Crippen LogP contribution in [0, 0.1) is 0 Å². The second kappa shape index (κ2) is 3.75. The predicted octanol–water partition coefficient (Wildman–Crippen LogP) is 2.18. The molecule has 0 saturated carbocycles. The van der Waals surface area contributed by atoms with E-state index in [1.807, 2.05) is 12.1 Å². The molecule has 1 aromatic heterocycles. The van der Waals surface area contributed by atoms with E-state index < -0.39 is 0 Å². The minimum Gasteiger partial charge on any atom is -0.327 e. The zero-order valence-electron chi connectivity index (χ0n) is 9.28. The monoisotopic (exact) mass is 235 g/mol. The predicted molar refractivity (Wildman–Crippen MR) is 65.9 cm³/mol. The third-order valence-electron chi connectivity index (χ3n) is 3.21. The van der Waals surface area contributed by atoms with Crippen LogP contribution in [0.25, 0.3) is 11.0 Å². The molecule has 3 nitrogen and oxygen atoms in total. The average Bonchev–Trinajstić information content (AvgIpc) is 2.50. The first kappa shape index (κ1) is 10.1. The molecule has 0 N–H and O–H groups in total. The lowest BCUT2D eigenvalue weighted by molar-refractivity contribution is 0.342. The van der Waals surface area contributed by atoms with Crippen molar-refractivity contribution in [3.63, 3.8) is 0 Å². The first-order valence-corrected chi connectivity index (χ1v) is 5.95. The average molecular weight is 236 g/mol. The van der Waals surface area contributed by atoms with Gasteiger partial charge in [0.05, 0.1) is 11.0 Å². The number of hydrogen-bond acceptors (Lipinski definition) is 2. The van der Waals surface area contributed by atoms with Gasteiger partial charge >= 0.3 is 0 Å². The second-order valence-corrected chi connectivity index (χ2v) is 4.80. The van der Waals surface area contributed by atoms with Gasteiger partial charge in [-0.05, 0) is 25.2 Å². The molecule has 4 heteroatoms. The van der Waals surface area contributed by atoms with Crippen molar-refractivity contribution >= 4 is 22.6 Å². The highest BCUT2D eigenvalue weighted by atomic mass is 35.5. The Hall–Kier alpha value is -1.06. The maximum Gasteiger partial charge on any atom is 0.111 e. The van der Waals surface area contributed by atoms with Gasteiger partial charge in [-0.1, -0.05) is 11.6 Å². The van der Waals surface area contributed by atoms with E-state index in [2.05, 4.69) is 27.6 Å². The van der Waals surface area contributed by atoms with Crippen LogP contribution < -0.4 is 0 Å². The van der Waals surface area contributed by atoms with Crippen molar-refractivity contribution in [2.75, 3.05) is 20.1 Å². The van der Waals surface area contributed by atoms with Crippen LogP contribution in [0.2, 0.25) is 5.02 Å². The summed E-state index contributed by atoms with van der Waals surface area (Å²) >= 11 is 5.98. The summed E-state index contributed by atoms with van der Waals surface area (Å²) in [6.07, 6.45) is 1.02. The number of nitrogens with zero attached hydrogens (tertiary/aromatic N) is 3. The van der Waals surface area contributed by atoms with E-state index in [-0.39, 0.29) is 0 Å². The number of fused-ring (bicyclic) bond motifs is 3. The van der Waals surface area contributed by atoms with Gasteiger partial charge in [0.1, 0.15) is 5.82 Å². The Morgan fingerprint density at radius 2 is 2.12 bits per heavy atom. The van der Waals surface area contributed by atoms with Crippen LogP contribution in [0.1, 0.15) is 5.82 Å². The van der Waals surface area contributed by atoms with E-state index in [0.717, 1.165) is 36.6 Å². The zero-order chi connectivity index (χ0) is 11.1. The molecule has 0 aliphatic carbocycles. The first-order chi connectivity index (χ1) is 7.74. The molecule has 0 fully saturated rings. The largest absolute Gasteiger partial charge is 0.327 e. The lowest BCUT2D eigenvalue weighted by atomic mass is 10.3. The molecule has 2 heterocycles. The molecule has 0 saturated heterocycles. The Kier molecular flexibility index (Phi) is 2.37. The maximum absolute atomic E-state index is 5.98. The molecule has 2 aromatic rings. The quantitative estimate of drug-likeness (QED) is 0.698. The SMILES string of the molecule is CN1CCc2nc3cc(Cl)ccc3n2CC1. The van der Waals surface area contributed by atoms with Gasteiger partial charge in [-0.25, -0.2) is 4.98 Å². The zero-order valence-corrected chi connectivity index (χ0v) is 10.0. The molecule has 0 unspecified atom stereocenters. The van der Waals surface area contributed by atoms with Gasteiger partial charge in [0, 0.05) is 31.1 Å². The van der Waals surface area contributed by atoms with Crippen molar-refractivity contribution in [1.29, 1.82) is 0 Å². The fraction of sp³-hybridized carbons (Fsp3) is 0.417. The van der Waals surface area contributed by atoms with Gasteiger partial charge in [-0.15, -0.1) is 0 Å². The smallest absolute Gasteiger partial charge is 0.111 e. The lowest BCUT2D eigenvalue weighted by Gasteiger charge is -2.11. The normalized spacial score (nSPS) is 17.4. The van der Waals surface area contributed by atoms with E-state index in [1.54, 1.807) is 0 Å². The van der Waals surface area contributed by atoms with Gasteiger partial charge < -0.3 is 9.47 Å². The highest BCUT2D eigenvalue weighted by molar-refractivity contribution is 6.31. The van der Waals surface area contributed by atoms with Gasteiger partial charge in [-0.3, -0.25) is 0 Å². The highest BCUT2D eigenvalue weighted by Crippen LogP contribution is 2.22. The van der Waals surface area contributed by atoms with Gasteiger partial charge in [0.15, 0.2) is 0 Å². The first-order valence-electron chi connectivity index (χ1n) is 5.57. The van der Waals surface area contributed by atoms with Crippen LogP contribution in [0.3, 0.4) is 0 Å². The summed E-state index contributed by atoms with van der Waals surface area (Å²) in [4.78, 5) is 7.00. The topological polar surface area (TPSA) is 21.1 Å². The van der Waals surface area contributed by atoms with Crippen LogP contribution in [0.4, 0.5) is 0 Å². The van der Waals surface area contributed by atoms with Crippen molar-refractivity contribution < 1.29 is 0 Å². The standard InChI is InChI=1S/C12H14ClN3/c1-15-5-4-12-14-10-8-9(13)2-3-11(10)16(12)7-6-15/h2-3,8H,4-7H2,1H3. The van der Waals surface area contributed by atoms with Crippen LogP contribution in [0.5, 0.6) is 0 Å². The third kappa shape index (κ3) is 1.60. The fourth-order valence-electron chi connectivity index (χ4n) is 2.27. The highest BCUT2D eigenvalue weighted by Gasteiger charge is 2.15. The minimum atomic E-state index is 0.762. The molecule has 0 atom stereocenters. The third-order valence-corrected chi connectivity index (χ3v) is 3.45. The summed E-state index contributed by atoms with van der Waals surface area (Å²) in [5.74, 6) is 1.18. The molecule has 84 valence electrons. The van der Waals surface area contributed by atoms with Gasteiger partial charge in [0.25, 0.3) is 0 Å². The Bertz CT molecular complexity index is 532. The molecule has 1 aromatic carbocycles. The van der Waals surface area contributed by atoms with E-state index in [1.165, 1.54) is 11.3 Å². The van der Waals surface area contributed by atoms with Crippen LogP contribution >= 0.6 is 11.6 Å². The summed E-state index contributed by atoms with van der Waals surface area (Å²) in [6, 6.07) is 5.95. The van der Waals surface area contributed by atoms with Crippen LogP contribution in [0.15, 0.2) is 18.2 Å². The van der Waals surface area contributed by atoms with Crippen molar-refractivity contribution in [2.24, 2.45) is 0 Å². The van der Waals surface area contributed by atoms with E-state index in [9.17, 15) is 0 Å². The molecular formula is C12H14ClN3. The Morgan fingerprint density at radius 3 is 3.00 bits per heavy atom. The molecule has 0 amide bonds. The van der Waals surface area contributed by atoms with E-state index >= 15 is 0 Å². The molecule has 1 aliphatic heterocycles. The fourth-order valence-corrected chi connectivity index (χ4v) is 2.43. The molecule has 0 spiro atoms. The maximum atomic E-state index is 5.98. The van der Waals surface area contributed by atoms with Crippen molar-refractivity contribution in [3.8, 4) is 0 Å². The lowest BCUT2D eigenvalue weighted by Crippen LogP contribution is -2.21. The summed E-state index contributed by atoms with van der Waals surface area (Å²) < 4.78 is 2.31. The minimum absolute atomic E-state index is 0.762. The number of rotatable bonds is 0. The molecule has 0 bridgehead atoms. The summed E-state index contributed by atoms with van der Waals surface area (Å²) in [5, 5.41) is 0.762. The molecule has 16 heavy (non-hydrogen) atoms. The number of halogens is 1. The second-order valence-electron chi connectivity index (χ2n) is 4.37. The Morgan fingerprint density at radius 1 is 1.25 bits per heavy atom. The van der Waals surface area contributed by atoms with Crippen LogP contribution in [-0.4, -0.2) is 34.6 Å². The Labute approximate surface area is 99.6 Å². The molecular weight excluding hydrogens is 222 g/mol. The summed E-state index contributed by atoms with van der Waals surface area (Å²) in [7, 11) is 2.16. The van der Waals surface area contributed by atoms with Gasteiger partial charge in [-0.2, -0.15) is 0 Å². The molecule has 0 radical (unpaired) electrons. The number of likely N-dealkylation sites (N-methyl/N-ethyl adjacent to an activating group) is 1. The number of hydrogen-bond donors (Lipinski definition) is 0. The van der Waals surface area contributed by atoms with E-state index in [0.29, 0.717) is 0 Å². The summed E-state index contributed by atoms with van der Waals surface area (Å²) in [5.41, 5.74) is 2.22. The van der Waals surface area contributed by atoms with Crippen molar-refractivity contribution in [3.05, 3.63) is 29.0 Å².